The molecule has 3 heterocycles. The molecule has 0 aliphatic rings. The van der Waals surface area contributed by atoms with E-state index < -0.39 is 0 Å². The quantitative estimate of drug-likeness (QED) is 0.226. The molecule has 3 aromatic heterocycles. The molecule has 0 spiro atoms. The van der Waals surface area contributed by atoms with Gasteiger partial charge in [-0.15, -0.1) is 0 Å². The van der Waals surface area contributed by atoms with Crippen molar-refractivity contribution in [2.45, 2.75) is 66.2 Å². The Kier molecular flexibility index (Phi) is 8.52. The van der Waals surface area contributed by atoms with Crippen LogP contribution in [0, 0.1) is 6.92 Å². The number of para-hydroxylation sites is 2. The van der Waals surface area contributed by atoms with Crippen LogP contribution in [-0.4, -0.2) is 15.0 Å². The first-order valence-corrected chi connectivity index (χ1v) is 13.3. The van der Waals surface area contributed by atoms with Crippen LogP contribution in [0.1, 0.15) is 82.5 Å². The molecule has 0 bridgehead atoms. The highest BCUT2D eigenvalue weighted by Gasteiger charge is 2.10. The predicted molar refractivity (Wildman–Crippen MR) is 154 cm³/mol. The third-order valence-corrected chi connectivity index (χ3v) is 5.95. The number of oxazole rings is 3. The van der Waals surface area contributed by atoms with Gasteiger partial charge in [0.15, 0.2) is 34.4 Å². The van der Waals surface area contributed by atoms with E-state index in [4.69, 9.17) is 24.9 Å². The van der Waals surface area contributed by atoms with Crippen molar-refractivity contribution in [2.75, 3.05) is 0 Å². The molecule has 0 unspecified atom stereocenters. The van der Waals surface area contributed by atoms with E-state index in [0.29, 0.717) is 22.8 Å². The molecule has 6 rings (SSSR count). The van der Waals surface area contributed by atoms with E-state index in [9.17, 15) is 0 Å². The Hall–Kier alpha value is -3.64. The summed E-state index contributed by atoms with van der Waals surface area (Å²) in [6.45, 7) is 14.5. The lowest BCUT2D eigenvalue weighted by Gasteiger charge is -1.93. The number of nitrogens with zero attached hydrogens (tertiary/aromatic N) is 3. The first-order valence-electron chi connectivity index (χ1n) is 12.9. The first-order chi connectivity index (χ1) is 18.1. The minimum atomic E-state index is 0.311. The zero-order valence-electron chi connectivity index (χ0n) is 22.9. The van der Waals surface area contributed by atoms with Crippen LogP contribution in [0.25, 0.3) is 33.3 Å². The molecule has 6 nitrogen and oxygen atoms in total. The SMILES string of the molecule is CC(C)c1nc2ccc(Cl)cc2o1.CC(C)c1nc2ccccc2o1.Cc1ccc2oc(C(C)C)nc2c1. The molecular formula is C31H34ClN3O3. The average molecular weight is 532 g/mol. The van der Waals surface area contributed by atoms with Crippen molar-refractivity contribution in [3.63, 3.8) is 0 Å². The summed E-state index contributed by atoms with van der Waals surface area (Å²) in [5.41, 5.74) is 6.51. The molecule has 0 saturated heterocycles. The van der Waals surface area contributed by atoms with Gasteiger partial charge in [-0.25, -0.2) is 15.0 Å². The number of hydrogen-bond acceptors (Lipinski definition) is 6. The van der Waals surface area contributed by atoms with Gasteiger partial charge in [0.25, 0.3) is 0 Å². The molecule has 0 N–H and O–H groups in total. The van der Waals surface area contributed by atoms with Crippen molar-refractivity contribution in [2.24, 2.45) is 0 Å². The van der Waals surface area contributed by atoms with E-state index in [1.54, 1.807) is 6.07 Å². The van der Waals surface area contributed by atoms with Gasteiger partial charge < -0.3 is 13.3 Å². The number of fused-ring (bicyclic) bond motifs is 3. The lowest BCUT2D eigenvalue weighted by atomic mass is 10.2. The largest absolute Gasteiger partial charge is 0.440 e. The normalized spacial score (nSPS) is 11.3. The van der Waals surface area contributed by atoms with Crippen molar-refractivity contribution in [1.29, 1.82) is 0 Å². The summed E-state index contributed by atoms with van der Waals surface area (Å²) in [6, 6.07) is 19.4. The van der Waals surface area contributed by atoms with Gasteiger partial charge in [0.2, 0.25) is 0 Å². The summed E-state index contributed by atoms with van der Waals surface area (Å²) in [7, 11) is 0. The summed E-state index contributed by atoms with van der Waals surface area (Å²) >= 11 is 5.82. The van der Waals surface area contributed by atoms with Gasteiger partial charge in [0, 0.05) is 28.8 Å². The van der Waals surface area contributed by atoms with Gasteiger partial charge in [-0.1, -0.05) is 71.3 Å². The Balaban J connectivity index is 0.000000133. The minimum absolute atomic E-state index is 0.311. The fourth-order valence-electron chi connectivity index (χ4n) is 3.60. The molecule has 3 aromatic carbocycles. The number of aromatic nitrogens is 3. The topological polar surface area (TPSA) is 78.1 Å². The van der Waals surface area contributed by atoms with E-state index >= 15 is 0 Å². The fraction of sp³-hybridized carbons (Fsp3) is 0.323. The van der Waals surface area contributed by atoms with E-state index in [1.165, 1.54) is 5.56 Å². The third-order valence-electron chi connectivity index (χ3n) is 5.72. The summed E-state index contributed by atoms with van der Waals surface area (Å²) in [5, 5.41) is 0.680. The van der Waals surface area contributed by atoms with Crippen LogP contribution in [0.5, 0.6) is 0 Å². The number of aryl methyl sites for hydroxylation is 1. The zero-order chi connectivity index (χ0) is 27.4. The molecule has 0 fully saturated rings. The monoisotopic (exact) mass is 531 g/mol. The van der Waals surface area contributed by atoms with Crippen LogP contribution in [0.3, 0.4) is 0 Å². The van der Waals surface area contributed by atoms with Gasteiger partial charge in [-0.3, -0.25) is 0 Å². The lowest BCUT2D eigenvalue weighted by molar-refractivity contribution is 0.501. The Bertz CT molecular complexity index is 1530. The fourth-order valence-corrected chi connectivity index (χ4v) is 3.76. The lowest BCUT2D eigenvalue weighted by Crippen LogP contribution is -1.84. The first kappa shape index (κ1) is 27.4. The van der Waals surface area contributed by atoms with Gasteiger partial charge in [-0.2, -0.15) is 0 Å². The summed E-state index contributed by atoms with van der Waals surface area (Å²) in [4.78, 5) is 13.1. The van der Waals surface area contributed by atoms with E-state index in [-0.39, 0.29) is 0 Å². The molecule has 198 valence electrons. The van der Waals surface area contributed by atoms with Crippen LogP contribution in [0.2, 0.25) is 5.02 Å². The smallest absolute Gasteiger partial charge is 0.198 e. The van der Waals surface area contributed by atoms with Crippen molar-refractivity contribution < 1.29 is 13.3 Å². The van der Waals surface area contributed by atoms with Crippen LogP contribution in [0.15, 0.2) is 73.9 Å². The third kappa shape index (κ3) is 6.62. The maximum absolute atomic E-state index is 5.82. The molecule has 0 amide bonds. The average Bonchev–Trinajstić information content (AvgIpc) is 3.60. The van der Waals surface area contributed by atoms with Gasteiger partial charge >= 0.3 is 0 Å². The van der Waals surface area contributed by atoms with Gasteiger partial charge in [0.1, 0.15) is 16.6 Å². The van der Waals surface area contributed by atoms with Crippen LogP contribution in [-0.2, 0) is 0 Å². The number of benzene rings is 3. The number of rotatable bonds is 3. The summed E-state index contributed by atoms with van der Waals surface area (Å²) in [5.74, 6) is 3.42. The number of halogens is 1. The second-order valence-electron chi connectivity index (χ2n) is 10.2. The summed E-state index contributed by atoms with van der Waals surface area (Å²) < 4.78 is 16.6. The molecule has 6 aromatic rings. The molecule has 7 heteroatoms. The Morgan fingerprint density at radius 1 is 0.553 bits per heavy atom. The van der Waals surface area contributed by atoms with E-state index in [0.717, 1.165) is 51.0 Å². The Labute approximate surface area is 228 Å². The highest BCUT2D eigenvalue weighted by molar-refractivity contribution is 6.31. The summed E-state index contributed by atoms with van der Waals surface area (Å²) in [6.07, 6.45) is 0. The van der Waals surface area contributed by atoms with Crippen molar-refractivity contribution in [3.05, 3.63) is 88.9 Å². The minimum Gasteiger partial charge on any atom is -0.440 e. The zero-order valence-corrected chi connectivity index (χ0v) is 23.7. The van der Waals surface area contributed by atoms with E-state index in [2.05, 4.69) is 49.6 Å². The second-order valence-corrected chi connectivity index (χ2v) is 10.6. The molecule has 0 radical (unpaired) electrons. The standard InChI is InChI=1S/C11H13NO.C10H10ClNO.C10H11NO/c1-7(2)11-12-9-6-8(3)4-5-10(9)13-11;1-6(2)10-12-8-4-3-7(11)5-9(8)13-10;1-7(2)10-11-8-5-3-4-6-9(8)12-10/h4-7H,1-3H3;3-6H,1-2H3;3-7H,1-2H3. The maximum Gasteiger partial charge on any atom is 0.198 e. The van der Waals surface area contributed by atoms with Gasteiger partial charge in [0.05, 0.1) is 0 Å². The van der Waals surface area contributed by atoms with Crippen LogP contribution in [0.4, 0.5) is 0 Å². The van der Waals surface area contributed by atoms with Crippen LogP contribution >= 0.6 is 11.6 Å². The van der Waals surface area contributed by atoms with Crippen molar-refractivity contribution in [3.8, 4) is 0 Å². The second kappa shape index (κ2) is 11.8. The molecule has 0 aliphatic carbocycles. The molecular weight excluding hydrogens is 498 g/mol. The maximum atomic E-state index is 5.82. The molecule has 38 heavy (non-hydrogen) atoms. The number of hydrogen-bond donors (Lipinski definition) is 0. The predicted octanol–water partition coefficient (Wildman–Crippen LogP) is 9.82. The molecule has 0 aliphatic heterocycles. The highest BCUT2D eigenvalue weighted by Crippen LogP contribution is 2.24. The van der Waals surface area contributed by atoms with Crippen LogP contribution < -0.4 is 0 Å². The highest BCUT2D eigenvalue weighted by atomic mass is 35.5. The van der Waals surface area contributed by atoms with Gasteiger partial charge in [-0.05, 0) is 48.9 Å². The van der Waals surface area contributed by atoms with E-state index in [1.807, 2.05) is 68.4 Å². The molecule has 0 atom stereocenters. The molecule has 0 saturated carbocycles. The van der Waals surface area contributed by atoms with Crippen molar-refractivity contribution >= 4 is 44.9 Å². The Morgan fingerprint density at radius 3 is 1.63 bits per heavy atom. The van der Waals surface area contributed by atoms with Crippen molar-refractivity contribution in [1.82, 2.24) is 15.0 Å². The Morgan fingerprint density at radius 2 is 1.05 bits per heavy atom.